The van der Waals surface area contributed by atoms with E-state index in [1.54, 1.807) is 0 Å². The molecule has 0 fully saturated rings. The minimum atomic E-state index is -4.04. The van der Waals surface area contributed by atoms with Gasteiger partial charge in [-0.2, -0.15) is 0 Å². The first-order valence-electron chi connectivity index (χ1n) is 10.0. The average molecular weight is 470 g/mol. The third-order valence-corrected chi connectivity index (χ3v) is 6.20. The molecule has 0 unspecified atom stereocenters. The fourth-order valence-corrected chi connectivity index (χ4v) is 4.08. The van der Waals surface area contributed by atoms with Crippen molar-refractivity contribution in [3.05, 3.63) is 93.5 Å². The molecule has 0 saturated carbocycles. The lowest BCUT2D eigenvalue weighted by Crippen LogP contribution is -2.28. The van der Waals surface area contributed by atoms with Crippen molar-refractivity contribution in [2.24, 2.45) is 0 Å². The molecule has 0 heterocycles. The van der Waals surface area contributed by atoms with Crippen LogP contribution in [0.4, 0.5) is 11.4 Å². The van der Waals surface area contributed by atoms with Gasteiger partial charge in [-0.3, -0.25) is 19.6 Å². The summed E-state index contributed by atoms with van der Waals surface area (Å²) in [4.78, 5) is 22.5. The Labute approximate surface area is 191 Å². The number of benzene rings is 3. The van der Waals surface area contributed by atoms with E-state index in [0.29, 0.717) is 24.3 Å². The van der Waals surface area contributed by atoms with Gasteiger partial charge < -0.3 is 10.1 Å². The van der Waals surface area contributed by atoms with Crippen molar-refractivity contribution < 1.29 is 22.9 Å². The number of anilines is 1. The summed E-state index contributed by atoms with van der Waals surface area (Å²) in [6.45, 7) is 4.06. The number of hydrogen-bond donors (Lipinski definition) is 2. The van der Waals surface area contributed by atoms with Crippen molar-refractivity contribution in [1.29, 1.82) is 0 Å². The molecular formula is C23H23N3O6S. The molecule has 0 bridgehead atoms. The predicted octanol–water partition coefficient (Wildman–Crippen LogP) is 3.82. The van der Waals surface area contributed by atoms with Crippen molar-refractivity contribution in [1.82, 2.24) is 5.32 Å². The average Bonchev–Trinajstić information content (AvgIpc) is 2.78. The molecular weight excluding hydrogens is 446 g/mol. The fraction of sp³-hybridized carbons (Fsp3) is 0.174. The summed E-state index contributed by atoms with van der Waals surface area (Å²) in [6, 6.07) is 17.1. The van der Waals surface area contributed by atoms with Crippen molar-refractivity contribution in [3.8, 4) is 5.75 Å². The Balaban J connectivity index is 1.58. The quantitative estimate of drug-likeness (QED) is 0.279. The third-order valence-electron chi connectivity index (χ3n) is 4.83. The molecule has 172 valence electrons. The molecule has 1 amide bonds. The lowest BCUT2D eigenvalue weighted by molar-refractivity contribution is -0.385. The summed E-state index contributed by atoms with van der Waals surface area (Å²) in [5.74, 6) is 0.425. The number of nitro groups is 1. The molecule has 0 aliphatic carbocycles. The highest BCUT2D eigenvalue weighted by molar-refractivity contribution is 7.92. The van der Waals surface area contributed by atoms with Gasteiger partial charge in [-0.1, -0.05) is 24.3 Å². The molecule has 9 nitrogen and oxygen atoms in total. The summed E-state index contributed by atoms with van der Waals surface area (Å²) in [7, 11) is -4.04. The zero-order chi connectivity index (χ0) is 24.0. The number of rotatable bonds is 9. The van der Waals surface area contributed by atoms with Crippen LogP contribution in [0.25, 0.3) is 0 Å². The lowest BCUT2D eigenvalue weighted by Gasteiger charge is -2.11. The molecule has 2 N–H and O–H groups in total. The number of carbonyl (C=O) groups excluding carboxylic acids is 1. The van der Waals surface area contributed by atoms with Gasteiger partial charge in [-0.05, 0) is 55.8 Å². The Hall–Kier alpha value is -3.92. The third kappa shape index (κ3) is 6.07. The summed E-state index contributed by atoms with van der Waals surface area (Å²) in [5, 5.41) is 13.8. The van der Waals surface area contributed by atoms with E-state index in [4.69, 9.17) is 4.74 Å². The Morgan fingerprint density at radius 1 is 1.00 bits per heavy atom. The van der Waals surface area contributed by atoms with E-state index in [-0.39, 0.29) is 22.2 Å². The van der Waals surface area contributed by atoms with E-state index in [0.717, 1.165) is 17.4 Å². The van der Waals surface area contributed by atoms with Gasteiger partial charge >= 0.3 is 0 Å². The maximum atomic E-state index is 12.6. The van der Waals surface area contributed by atoms with Crippen LogP contribution in [0.5, 0.6) is 5.75 Å². The Bertz CT molecular complexity index is 1270. The van der Waals surface area contributed by atoms with Crippen LogP contribution >= 0.6 is 0 Å². The maximum Gasteiger partial charge on any atom is 0.273 e. The standard InChI is InChI=1S/C23H23N3O6S/c1-16-7-12-20(15-21(16)26(28)29)33(30,31)25-19-10-8-18(9-11-19)23(27)24-13-14-32-22-6-4-3-5-17(22)2/h3-12,15,25H,13-14H2,1-2H3,(H,24,27). The second kappa shape index (κ2) is 10.1. The van der Waals surface area contributed by atoms with Gasteiger partial charge in [-0.25, -0.2) is 8.42 Å². The van der Waals surface area contributed by atoms with Crippen LogP contribution in [0, 0.1) is 24.0 Å². The summed E-state index contributed by atoms with van der Waals surface area (Å²) in [5.41, 5.74) is 1.65. The van der Waals surface area contributed by atoms with Gasteiger partial charge in [0, 0.05) is 22.9 Å². The fourth-order valence-electron chi connectivity index (χ4n) is 3.00. The monoisotopic (exact) mass is 469 g/mol. The molecule has 0 atom stereocenters. The normalized spacial score (nSPS) is 11.0. The maximum absolute atomic E-state index is 12.6. The Morgan fingerprint density at radius 3 is 2.36 bits per heavy atom. The molecule has 10 heteroatoms. The SMILES string of the molecule is Cc1ccccc1OCCNC(=O)c1ccc(NS(=O)(=O)c2ccc(C)c([N+](=O)[O-])c2)cc1. The number of aryl methyl sites for hydroxylation is 2. The molecule has 0 aromatic heterocycles. The number of carbonyl (C=O) groups is 1. The van der Waals surface area contributed by atoms with E-state index in [9.17, 15) is 23.3 Å². The first kappa shape index (κ1) is 23.7. The summed E-state index contributed by atoms with van der Waals surface area (Å²) < 4.78 is 33.2. The van der Waals surface area contributed by atoms with Gasteiger partial charge in [0.05, 0.1) is 16.4 Å². The molecule has 0 spiro atoms. The highest BCUT2D eigenvalue weighted by atomic mass is 32.2. The van der Waals surface area contributed by atoms with Gasteiger partial charge in [0.25, 0.3) is 21.6 Å². The van der Waals surface area contributed by atoms with E-state index >= 15 is 0 Å². The minimum absolute atomic E-state index is 0.220. The van der Waals surface area contributed by atoms with Crippen LogP contribution in [-0.2, 0) is 10.0 Å². The number of nitrogens with zero attached hydrogens (tertiary/aromatic N) is 1. The van der Waals surface area contributed by atoms with Crippen molar-refractivity contribution >= 4 is 27.3 Å². The number of sulfonamides is 1. The van der Waals surface area contributed by atoms with Crippen LogP contribution in [0.3, 0.4) is 0 Å². The molecule has 3 rings (SSSR count). The van der Waals surface area contributed by atoms with Gasteiger partial charge in [0.2, 0.25) is 0 Å². The highest BCUT2D eigenvalue weighted by Gasteiger charge is 2.20. The smallest absolute Gasteiger partial charge is 0.273 e. The molecule has 3 aromatic carbocycles. The Morgan fingerprint density at radius 2 is 1.70 bits per heavy atom. The van der Waals surface area contributed by atoms with Crippen molar-refractivity contribution in [2.75, 3.05) is 17.9 Å². The highest BCUT2D eigenvalue weighted by Crippen LogP contribution is 2.24. The van der Waals surface area contributed by atoms with Gasteiger partial charge in [0.15, 0.2) is 0 Å². The van der Waals surface area contributed by atoms with Crippen LogP contribution in [0.1, 0.15) is 21.5 Å². The number of nitro benzene ring substituents is 1. The minimum Gasteiger partial charge on any atom is -0.491 e. The van der Waals surface area contributed by atoms with Crippen LogP contribution in [0.15, 0.2) is 71.6 Å². The van der Waals surface area contributed by atoms with Crippen LogP contribution in [0.2, 0.25) is 0 Å². The van der Waals surface area contributed by atoms with Crippen molar-refractivity contribution in [3.63, 3.8) is 0 Å². The van der Waals surface area contributed by atoms with Gasteiger partial charge in [-0.15, -0.1) is 0 Å². The first-order valence-corrected chi connectivity index (χ1v) is 11.5. The first-order chi connectivity index (χ1) is 15.7. The van der Waals surface area contributed by atoms with Crippen molar-refractivity contribution in [2.45, 2.75) is 18.7 Å². The number of amides is 1. The van der Waals surface area contributed by atoms with E-state index < -0.39 is 14.9 Å². The zero-order valence-corrected chi connectivity index (χ0v) is 18.9. The van der Waals surface area contributed by atoms with E-state index in [2.05, 4.69) is 10.0 Å². The molecule has 3 aromatic rings. The number of nitrogens with one attached hydrogen (secondary N) is 2. The zero-order valence-electron chi connectivity index (χ0n) is 18.1. The summed E-state index contributed by atoms with van der Waals surface area (Å²) >= 11 is 0. The molecule has 0 radical (unpaired) electrons. The molecule has 33 heavy (non-hydrogen) atoms. The van der Waals surface area contributed by atoms with E-state index in [1.165, 1.54) is 43.3 Å². The second-order valence-corrected chi connectivity index (χ2v) is 8.94. The summed E-state index contributed by atoms with van der Waals surface area (Å²) in [6.07, 6.45) is 0. The number of para-hydroxylation sites is 1. The van der Waals surface area contributed by atoms with Crippen LogP contribution in [-0.4, -0.2) is 32.4 Å². The molecule has 0 saturated heterocycles. The number of hydrogen-bond acceptors (Lipinski definition) is 6. The topological polar surface area (TPSA) is 128 Å². The number of ether oxygens (including phenoxy) is 1. The lowest BCUT2D eigenvalue weighted by atomic mass is 10.2. The largest absolute Gasteiger partial charge is 0.491 e. The van der Waals surface area contributed by atoms with E-state index in [1.807, 2.05) is 31.2 Å². The molecule has 0 aliphatic heterocycles. The Kier molecular flexibility index (Phi) is 7.29. The predicted molar refractivity (Wildman–Crippen MR) is 124 cm³/mol. The molecule has 0 aliphatic rings. The van der Waals surface area contributed by atoms with Gasteiger partial charge in [0.1, 0.15) is 12.4 Å². The second-order valence-electron chi connectivity index (χ2n) is 7.26. The van der Waals surface area contributed by atoms with Crippen LogP contribution < -0.4 is 14.8 Å².